The summed E-state index contributed by atoms with van der Waals surface area (Å²) < 4.78 is 2.60. The standard InChI is InChI=1S/C14H20BrN5/c1-4-7-17-12(13-14(15)18-19-20(13)3)11-6-8-16-9-10(11)5-2/h6,8-9,12,17H,4-5,7H2,1-3H3. The Morgan fingerprint density at radius 2 is 2.20 bits per heavy atom. The van der Waals surface area contributed by atoms with Crippen LogP contribution >= 0.6 is 15.9 Å². The normalized spacial score (nSPS) is 12.6. The second kappa shape index (κ2) is 6.95. The minimum atomic E-state index is 0.0716. The Balaban J connectivity index is 2.47. The SMILES string of the molecule is CCCNC(c1ccncc1CC)c1c(Br)nnn1C. The molecule has 0 aliphatic carbocycles. The van der Waals surface area contributed by atoms with E-state index in [0.29, 0.717) is 0 Å². The van der Waals surface area contributed by atoms with Crippen molar-refractivity contribution < 1.29 is 0 Å². The molecule has 2 rings (SSSR count). The van der Waals surface area contributed by atoms with E-state index in [1.54, 1.807) is 0 Å². The number of halogens is 1. The Hall–Kier alpha value is -1.27. The minimum Gasteiger partial charge on any atom is -0.305 e. The van der Waals surface area contributed by atoms with E-state index in [-0.39, 0.29) is 6.04 Å². The third kappa shape index (κ3) is 3.07. The van der Waals surface area contributed by atoms with Crippen LogP contribution in [-0.4, -0.2) is 26.5 Å². The first-order valence-corrected chi connectivity index (χ1v) is 7.69. The van der Waals surface area contributed by atoms with Crippen molar-refractivity contribution in [3.63, 3.8) is 0 Å². The number of rotatable bonds is 6. The van der Waals surface area contributed by atoms with Gasteiger partial charge in [-0.3, -0.25) is 4.98 Å². The van der Waals surface area contributed by atoms with Gasteiger partial charge in [-0.15, -0.1) is 5.10 Å². The van der Waals surface area contributed by atoms with Crippen LogP contribution in [0.3, 0.4) is 0 Å². The van der Waals surface area contributed by atoms with Crippen LogP contribution in [0, 0.1) is 0 Å². The molecule has 1 unspecified atom stereocenters. The van der Waals surface area contributed by atoms with E-state index in [0.717, 1.165) is 29.7 Å². The monoisotopic (exact) mass is 337 g/mol. The maximum atomic E-state index is 4.23. The van der Waals surface area contributed by atoms with Crippen molar-refractivity contribution in [1.29, 1.82) is 0 Å². The van der Waals surface area contributed by atoms with Gasteiger partial charge in [-0.25, -0.2) is 4.68 Å². The fourth-order valence-electron chi connectivity index (χ4n) is 2.30. The molecule has 1 N–H and O–H groups in total. The van der Waals surface area contributed by atoms with Gasteiger partial charge in [0.25, 0.3) is 0 Å². The number of hydrogen-bond acceptors (Lipinski definition) is 4. The zero-order valence-corrected chi connectivity index (χ0v) is 13.7. The van der Waals surface area contributed by atoms with Gasteiger partial charge < -0.3 is 5.32 Å². The summed E-state index contributed by atoms with van der Waals surface area (Å²) in [5.41, 5.74) is 3.52. The number of hydrogen-bond donors (Lipinski definition) is 1. The third-order valence-electron chi connectivity index (χ3n) is 3.33. The predicted molar refractivity (Wildman–Crippen MR) is 82.5 cm³/mol. The number of nitrogens with one attached hydrogen (secondary N) is 1. The zero-order chi connectivity index (χ0) is 14.5. The molecule has 0 radical (unpaired) electrons. The van der Waals surface area contributed by atoms with Crippen molar-refractivity contribution in [2.45, 2.75) is 32.7 Å². The summed E-state index contributed by atoms with van der Waals surface area (Å²) in [6, 6.07) is 2.15. The second-order valence-corrected chi connectivity index (χ2v) is 5.46. The van der Waals surface area contributed by atoms with Crippen LogP contribution in [0.4, 0.5) is 0 Å². The topological polar surface area (TPSA) is 55.6 Å². The highest BCUT2D eigenvalue weighted by molar-refractivity contribution is 9.10. The largest absolute Gasteiger partial charge is 0.305 e. The van der Waals surface area contributed by atoms with Crippen LogP contribution in [0.5, 0.6) is 0 Å². The first-order valence-electron chi connectivity index (χ1n) is 6.90. The molecule has 0 aliphatic rings. The zero-order valence-electron chi connectivity index (χ0n) is 12.1. The summed E-state index contributed by atoms with van der Waals surface area (Å²) >= 11 is 3.50. The molecule has 0 saturated carbocycles. The fraction of sp³-hybridized carbons (Fsp3) is 0.500. The Labute approximate surface area is 127 Å². The van der Waals surface area contributed by atoms with Gasteiger partial charge in [0.05, 0.1) is 11.7 Å². The molecule has 0 amide bonds. The molecule has 1 atom stereocenters. The molecule has 108 valence electrons. The van der Waals surface area contributed by atoms with Crippen molar-refractivity contribution in [2.75, 3.05) is 6.54 Å². The van der Waals surface area contributed by atoms with Crippen LogP contribution < -0.4 is 5.32 Å². The lowest BCUT2D eigenvalue weighted by atomic mass is 9.98. The van der Waals surface area contributed by atoms with Gasteiger partial charge in [0.1, 0.15) is 0 Å². The van der Waals surface area contributed by atoms with E-state index in [2.05, 4.69) is 56.5 Å². The third-order valence-corrected chi connectivity index (χ3v) is 3.90. The van der Waals surface area contributed by atoms with Crippen molar-refractivity contribution in [1.82, 2.24) is 25.3 Å². The van der Waals surface area contributed by atoms with E-state index in [1.165, 1.54) is 11.1 Å². The summed E-state index contributed by atoms with van der Waals surface area (Å²) in [5, 5.41) is 11.8. The first kappa shape index (κ1) is 15.1. The second-order valence-electron chi connectivity index (χ2n) is 4.70. The summed E-state index contributed by atoms with van der Waals surface area (Å²) in [7, 11) is 1.92. The van der Waals surface area contributed by atoms with Crippen LogP contribution in [0.15, 0.2) is 23.1 Å². The number of pyridine rings is 1. The van der Waals surface area contributed by atoms with Crippen molar-refractivity contribution in [3.05, 3.63) is 39.9 Å². The molecule has 20 heavy (non-hydrogen) atoms. The molecule has 0 fully saturated rings. The van der Waals surface area contributed by atoms with E-state index >= 15 is 0 Å². The first-order chi connectivity index (χ1) is 9.69. The maximum absolute atomic E-state index is 4.23. The molecular formula is C14H20BrN5. The van der Waals surface area contributed by atoms with Gasteiger partial charge in [-0.2, -0.15) is 0 Å². The molecule has 0 bridgehead atoms. The smallest absolute Gasteiger partial charge is 0.153 e. The van der Waals surface area contributed by atoms with Gasteiger partial charge in [0.2, 0.25) is 0 Å². The van der Waals surface area contributed by atoms with Crippen LogP contribution in [-0.2, 0) is 13.5 Å². The quantitative estimate of drug-likeness (QED) is 0.880. The molecule has 2 heterocycles. The molecular weight excluding hydrogens is 318 g/mol. The van der Waals surface area contributed by atoms with E-state index in [9.17, 15) is 0 Å². The Kier molecular flexibility index (Phi) is 5.25. The number of nitrogens with zero attached hydrogens (tertiary/aromatic N) is 4. The molecule has 2 aromatic rings. The minimum absolute atomic E-state index is 0.0716. The molecule has 0 saturated heterocycles. The van der Waals surface area contributed by atoms with Gasteiger partial charge in [-0.1, -0.05) is 19.1 Å². The highest BCUT2D eigenvalue weighted by Gasteiger charge is 2.23. The van der Waals surface area contributed by atoms with Gasteiger partial charge in [0, 0.05) is 19.4 Å². The Morgan fingerprint density at radius 1 is 1.40 bits per heavy atom. The Bertz CT molecular complexity index is 547. The summed E-state index contributed by atoms with van der Waals surface area (Å²) in [6.45, 7) is 5.25. The summed E-state index contributed by atoms with van der Waals surface area (Å²) in [6.07, 6.45) is 5.81. The molecule has 0 aliphatic heterocycles. The van der Waals surface area contributed by atoms with E-state index in [4.69, 9.17) is 0 Å². The van der Waals surface area contributed by atoms with Gasteiger partial charge in [-0.05, 0) is 52.5 Å². The van der Waals surface area contributed by atoms with Crippen LogP contribution in [0.25, 0.3) is 0 Å². The lowest BCUT2D eigenvalue weighted by molar-refractivity contribution is 0.546. The highest BCUT2D eigenvalue weighted by Crippen LogP contribution is 2.28. The van der Waals surface area contributed by atoms with Crippen LogP contribution in [0.1, 0.15) is 43.1 Å². The van der Waals surface area contributed by atoms with Crippen molar-refractivity contribution in [2.24, 2.45) is 7.05 Å². The maximum Gasteiger partial charge on any atom is 0.153 e. The highest BCUT2D eigenvalue weighted by atomic mass is 79.9. The lowest BCUT2D eigenvalue weighted by Crippen LogP contribution is -2.26. The molecule has 0 aromatic carbocycles. The molecule has 2 aromatic heterocycles. The van der Waals surface area contributed by atoms with E-state index in [1.807, 2.05) is 24.1 Å². The number of aryl methyl sites for hydroxylation is 2. The van der Waals surface area contributed by atoms with Crippen molar-refractivity contribution in [3.8, 4) is 0 Å². The summed E-state index contributed by atoms with van der Waals surface area (Å²) in [5.74, 6) is 0. The van der Waals surface area contributed by atoms with Gasteiger partial charge >= 0.3 is 0 Å². The average molecular weight is 338 g/mol. The van der Waals surface area contributed by atoms with Crippen LogP contribution in [0.2, 0.25) is 0 Å². The number of aromatic nitrogens is 4. The molecule has 6 heteroatoms. The Morgan fingerprint density at radius 3 is 2.80 bits per heavy atom. The van der Waals surface area contributed by atoms with E-state index < -0.39 is 0 Å². The predicted octanol–water partition coefficient (Wildman–Crippen LogP) is 2.62. The molecule has 5 nitrogen and oxygen atoms in total. The average Bonchev–Trinajstić information content (AvgIpc) is 2.80. The lowest BCUT2D eigenvalue weighted by Gasteiger charge is -2.21. The van der Waals surface area contributed by atoms with Gasteiger partial charge in [0.15, 0.2) is 4.60 Å². The summed E-state index contributed by atoms with van der Waals surface area (Å²) in [4.78, 5) is 4.23. The fourth-order valence-corrected chi connectivity index (χ4v) is 2.86. The van der Waals surface area contributed by atoms with Crippen molar-refractivity contribution >= 4 is 15.9 Å². The molecule has 0 spiro atoms.